The summed E-state index contributed by atoms with van der Waals surface area (Å²) in [7, 11) is 1.94. The molecule has 0 N–H and O–H groups in total. The van der Waals surface area contributed by atoms with Gasteiger partial charge in [0.25, 0.3) is 5.91 Å². The number of hydrogen-bond acceptors (Lipinski definition) is 4. The van der Waals surface area contributed by atoms with E-state index < -0.39 is 0 Å². The van der Waals surface area contributed by atoms with Crippen LogP contribution in [0.15, 0.2) is 35.7 Å². The first kappa shape index (κ1) is 17.8. The molecule has 7 heteroatoms. The molecule has 1 aromatic carbocycles. The Morgan fingerprint density at radius 2 is 1.96 bits per heavy atom. The van der Waals surface area contributed by atoms with E-state index in [4.69, 9.17) is 11.6 Å². The van der Waals surface area contributed by atoms with Gasteiger partial charge in [0.15, 0.2) is 5.69 Å². The summed E-state index contributed by atoms with van der Waals surface area (Å²) >= 11 is 7.91. The van der Waals surface area contributed by atoms with Crippen LogP contribution in [0.1, 0.15) is 20.9 Å². The van der Waals surface area contributed by atoms with Crippen molar-refractivity contribution in [1.29, 1.82) is 0 Å². The first-order chi connectivity index (χ1) is 13.6. The van der Waals surface area contributed by atoms with Crippen molar-refractivity contribution in [1.82, 2.24) is 14.7 Å². The van der Waals surface area contributed by atoms with Crippen LogP contribution in [0.4, 0.5) is 5.69 Å². The number of hydrogen-bond donors (Lipinski definition) is 0. The molecule has 3 heterocycles. The summed E-state index contributed by atoms with van der Waals surface area (Å²) in [6.45, 7) is 2.99. The first-order valence-electron chi connectivity index (χ1n) is 9.54. The highest BCUT2D eigenvalue weighted by atomic mass is 35.5. The van der Waals surface area contributed by atoms with Gasteiger partial charge >= 0.3 is 0 Å². The second-order valence-corrected chi connectivity index (χ2v) is 8.75. The lowest BCUT2D eigenvalue weighted by molar-refractivity contribution is 0.0739. The second-order valence-electron chi connectivity index (χ2n) is 7.32. The fraction of sp³-hybridized carbons (Fsp3) is 0.333. The second kappa shape index (κ2) is 6.94. The van der Waals surface area contributed by atoms with E-state index in [0.717, 1.165) is 47.9 Å². The molecule has 0 spiro atoms. The van der Waals surface area contributed by atoms with Crippen LogP contribution in [0.3, 0.4) is 0 Å². The standard InChI is InChI=1S/C21H21ClN4OS/c1-24-20-16-7-12-28-18(16)6-5-17(20)19(23-24)21(27)26-10-8-25(9-11-26)15-4-2-3-14(22)13-15/h2-4,7,12-13H,5-6,8-11H2,1H3. The van der Waals surface area contributed by atoms with E-state index in [1.165, 1.54) is 10.4 Å². The minimum Gasteiger partial charge on any atom is -0.368 e. The Morgan fingerprint density at radius 3 is 2.75 bits per heavy atom. The predicted octanol–water partition coefficient (Wildman–Crippen LogP) is 3.86. The third-order valence-electron chi connectivity index (χ3n) is 5.69. The number of amides is 1. The third-order valence-corrected chi connectivity index (χ3v) is 6.91. The van der Waals surface area contributed by atoms with Gasteiger partial charge in [-0.25, -0.2) is 0 Å². The van der Waals surface area contributed by atoms with E-state index in [2.05, 4.69) is 27.5 Å². The maximum atomic E-state index is 13.2. The Labute approximate surface area is 173 Å². The highest BCUT2D eigenvalue weighted by Crippen LogP contribution is 2.38. The van der Waals surface area contributed by atoms with Crippen LogP contribution in [-0.2, 0) is 19.9 Å². The predicted molar refractivity (Wildman–Crippen MR) is 113 cm³/mol. The number of carbonyl (C=O) groups is 1. The highest BCUT2D eigenvalue weighted by Gasteiger charge is 2.31. The highest BCUT2D eigenvalue weighted by molar-refractivity contribution is 7.10. The smallest absolute Gasteiger partial charge is 0.274 e. The number of nitrogens with zero attached hydrogens (tertiary/aromatic N) is 4. The summed E-state index contributed by atoms with van der Waals surface area (Å²) in [5.41, 5.74) is 5.20. The quantitative estimate of drug-likeness (QED) is 0.641. The summed E-state index contributed by atoms with van der Waals surface area (Å²) in [4.78, 5) is 18.9. The number of rotatable bonds is 2. The largest absolute Gasteiger partial charge is 0.368 e. The van der Waals surface area contributed by atoms with Gasteiger partial charge in [-0.05, 0) is 42.5 Å². The van der Waals surface area contributed by atoms with E-state index >= 15 is 0 Å². The summed E-state index contributed by atoms with van der Waals surface area (Å²) in [6.07, 6.45) is 1.88. The van der Waals surface area contributed by atoms with Gasteiger partial charge < -0.3 is 9.80 Å². The summed E-state index contributed by atoms with van der Waals surface area (Å²) < 4.78 is 1.88. The van der Waals surface area contributed by atoms with E-state index in [-0.39, 0.29) is 5.91 Å². The van der Waals surface area contributed by atoms with Crippen molar-refractivity contribution < 1.29 is 4.79 Å². The van der Waals surface area contributed by atoms with E-state index in [1.54, 1.807) is 11.3 Å². The molecule has 1 fully saturated rings. The SMILES string of the molecule is Cn1nc(C(=O)N2CCN(c3cccc(Cl)c3)CC2)c2c1-c1ccsc1CC2. The van der Waals surface area contributed by atoms with Crippen LogP contribution >= 0.6 is 22.9 Å². The van der Waals surface area contributed by atoms with Crippen molar-refractivity contribution in [3.05, 3.63) is 56.9 Å². The first-order valence-corrected chi connectivity index (χ1v) is 10.8. The molecule has 1 saturated heterocycles. The molecule has 3 aromatic rings. The van der Waals surface area contributed by atoms with Crippen molar-refractivity contribution in [3.8, 4) is 11.3 Å². The molecule has 1 amide bonds. The van der Waals surface area contributed by atoms with Crippen molar-refractivity contribution in [2.45, 2.75) is 12.8 Å². The molecular weight excluding hydrogens is 392 g/mol. The van der Waals surface area contributed by atoms with Gasteiger partial charge in [0.05, 0.1) is 5.69 Å². The molecule has 0 unspecified atom stereocenters. The molecule has 0 bridgehead atoms. The number of piperazine rings is 1. The topological polar surface area (TPSA) is 41.4 Å². The lowest BCUT2D eigenvalue weighted by Crippen LogP contribution is -2.49. The van der Waals surface area contributed by atoms with Gasteiger partial charge in [-0.15, -0.1) is 11.3 Å². The molecule has 2 aromatic heterocycles. The van der Waals surface area contributed by atoms with Gasteiger partial charge in [-0.2, -0.15) is 5.10 Å². The molecule has 1 aliphatic heterocycles. The number of aryl methyl sites for hydroxylation is 2. The number of anilines is 1. The van der Waals surface area contributed by atoms with Gasteiger partial charge in [0.2, 0.25) is 0 Å². The molecule has 144 valence electrons. The summed E-state index contributed by atoms with van der Waals surface area (Å²) in [6, 6.07) is 10.0. The lowest BCUT2D eigenvalue weighted by Gasteiger charge is -2.36. The zero-order valence-corrected chi connectivity index (χ0v) is 17.3. The van der Waals surface area contributed by atoms with Crippen molar-refractivity contribution >= 4 is 34.5 Å². The zero-order chi connectivity index (χ0) is 19.3. The van der Waals surface area contributed by atoms with E-state index in [0.29, 0.717) is 18.8 Å². The number of carbonyl (C=O) groups excluding carboxylic acids is 1. The molecule has 2 aliphatic rings. The van der Waals surface area contributed by atoms with Gasteiger partial charge in [-0.1, -0.05) is 17.7 Å². The Balaban J connectivity index is 1.36. The fourth-order valence-corrected chi connectivity index (χ4v) is 5.35. The molecule has 5 rings (SSSR count). The summed E-state index contributed by atoms with van der Waals surface area (Å²) in [5, 5.41) is 7.50. The van der Waals surface area contributed by atoms with Gasteiger partial charge in [0.1, 0.15) is 0 Å². The molecule has 28 heavy (non-hydrogen) atoms. The lowest BCUT2D eigenvalue weighted by atomic mass is 9.94. The van der Waals surface area contributed by atoms with E-state index in [1.807, 2.05) is 34.8 Å². The average molecular weight is 413 g/mol. The van der Waals surface area contributed by atoms with Gasteiger partial charge in [0, 0.05) is 59.9 Å². The normalized spacial score (nSPS) is 16.1. The molecule has 0 radical (unpaired) electrons. The van der Waals surface area contributed by atoms with Crippen LogP contribution < -0.4 is 4.90 Å². The molecule has 1 aliphatic carbocycles. The molecular formula is C21H21ClN4OS. The van der Waals surface area contributed by atoms with Crippen molar-refractivity contribution in [2.75, 3.05) is 31.1 Å². The maximum absolute atomic E-state index is 13.2. The number of aromatic nitrogens is 2. The van der Waals surface area contributed by atoms with Crippen LogP contribution in [0.2, 0.25) is 5.02 Å². The van der Waals surface area contributed by atoms with Crippen molar-refractivity contribution in [3.63, 3.8) is 0 Å². The minimum absolute atomic E-state index is 0.0567. The van der Waals surface area contributed by atoms with Gasteiger partial charge in [-0.3, -0.25) is 9.48 Å². The number of halogens is 1. The van der Waals surface area contributed by atoms with Crippen LogP contribution in [0.25, 0.3) is 11.3 Å². The number of benzene rings is 1. The summed E-state index contributed by atoms with van der Waals surface area (Å²) in [5.74, 6) is 0.0567. The average Bonchev–Trinajstić information content (AvgIpc) is 3.32. The third kappa shape index (κ3) is 2.91. The molecule has 0 atom stereocenters. The van der Waals surface area contributed by atoms with Crippen molar-refractivity contribution in [2.24, 2.45) is 7.05 Å². The Morgan fingerprint density at radius 1 is 1.14 bits per heavy atom. The Bertz CT molecular complexity index is 1050. The minimum atomic E-state index is 0.0567. The number of thiophene rings is 1. The maximum Gasteiger partial charge on any atom is 0.274 e. The van der Waals surface area contributed by atoms with Crippen LogP contribution in [0, 0.1) is 0 Å². The number of fused-ring (bicyclic) bond motifs is 3. The van der Waals surface area contributed by atoms with Crippen LogP contribution in [-0.4, -0.2) is 46.8 Å². The molecule has 0 saturated carbocycles. The monoisotopic (exact) mass is 412 g/mol. The van der Waals surface area contributed by atoms with Crippen LogP contribution in [0.5, 0.6) is 0 Å². The fourth-order valence-electron chi connectivity index (χ4n) is 4.29. The Hall–Kier alpha value is -2.31. The molecule has 5 nitrogen and oxygen atoms in total. The Kier molecular flexibility index (Phi) is 4.40. The van der Waals surface area contributed by atoms with E-state index in [9.17, 15) is 4.79 Å². The zero-order valence-electron chi connectivity index (χ0n) is 15.7.